The van der Waals surface area contributed by atoms with Crippen molar-refractivity contribution >= 4 is 45.9 Å². The van der Waals surface area contributed by atoms with Crippen molar-refractivity contribution in [2.24, 2.45) is 0 Å². The SMILES string of the molecule is CC[C@@H](C)NC(=O)NC(=O)CSc1nnc(Nc2cccc(F)c2)s1. The van der Waals surface area contributed by atoms with Crippen LogP contribution in [0.4, 0.5) is 20.0 Å². The highest BCUT2D eigenvalue weighted by Gasteiger charge is 2.12. The maximum Gasteiger partial charge on any atom is 0.321 e. The van der Waals surface area contributed by atoms with Crippen LogP contribution < -0.4 is 16.0 Å². The molecule has 7 nitrogen and oxygen atoms in total. The average Bonchev–Trinajstić information content (AvgIpc) is 3.00. The van der Waals surface area contributed by atoms with Gasteiger partial charge < -0.3 is 10.6 Å². The number of rotatable bonds is 7. The van der Waals surface area contributed by atoms with Gasteiger partial charge in [-0.3, -0.25) is 10.1 Å². The van der Waals surface area contributed by atoms with E-state index in [4.69, 9.17) is 0 Å². The normalized spacial score (nSPS) is 11.6. The minimum atomic E-state index is -0.509. The number of hydrogen-bond acceptors (Lipinski definition) is 7. The van der Waals surface area contributed by atoms with E-state index >= 15 is 0 Å². The Morgan fingerprint density at radius 2 is 2.16 bits per heavy atom. The molecule has 0 aliphatic heterocycles. The number of hydrogen-bond donors (Lipinski definition) is 3. The summed E-state index contributed by atoms with van der Waals surface area (Å²) in [4.78, 5) is 23.3. The highest BCUT2D eigenvalue weighted by atomic mass is 32.2. The van der Waals surface area contributed by atoms with Gasteiger partial charge in [-0.15, -0.1) is 10.2 Å². The summed E-state index contributed by atoms with van der Waals surface area (Å²) >= 11 is 2.40. The van der Waals surface area contributed by atoms with E-state index in [0.717, 1.165) is 6.42 Å². The number of carbonyl (C=O) groups is 2. The van der Waals surface area contributed by atoms with Crippen molar-refractivity contribution in [3.05, 3.63) is 30.1 Å². The molecule has 2 aromatic rings. The number of urea groups is 1. The van der Waals surface area contributed by atoms with Crippen LogP contribution >= 0.6 is 23.1 Å². The average molecular weight is 383 g/mol. The Morgan fingerprint density at radius 1 is 1.36 bits per heavy atom. The van der Waals surface area contributed by atoms with Gasteiger partial charge in [0, 0.05) is 11.7 Å². The van der Waals surface area contributed by atoms with E-state index in [2.05, 4.69) is 26.1 Å². The molecule has 25 heavy (non-hydrogen) atoms. The number of halogens is 1. The number of benzene rings is 1. The van der Waals surface area contributed by atoms with Crippen LogP contribution in [-0.2, 0) is 4.79 Å². The molecule has 1 atom stereocenters. The second-order valence-corrected chi connectivity index (χ2v) is 7.33. The van der Waals surface area contributed by atoms with Crippen molar-refractivity contribution in [2.75, 3.05) is 11.1 Å². The van der Waals surface area contributed by atoms with Crippen LogP contribution in [0.5, 0.6) is 0 Å². The van der Waals surface area contributed by atoms with Gasteiger partial charge in [0.25, 0.3) is 0 Å². The molecule has 0 saturated heterocycles. The highest BCUT2D eigenvalue weighted by molar-refractivity contribution is 8.01. The molecule has 0 bridgehead atoms. The number of nitrogens with zero attached hydrogens (tertiary/aromatic N) is 2. The van der Waals surface area contributed by atoms with E-state index in [0.29, 0.717) is 15.2 Å². The largest absolute Gasteiger partial charge is 0.335 e. The van der Waals surface area contributed by atoms with E-state index in [1.54, 1.807) is 12.1 Å². The fraction of sp³-hybridized carbons (Fsp3) is 0.333. The summed E-state index contributed by atoms with van der Waals surface area (Å²) in [5, 5.41) is 16.2. The second-order valence-electron chi connectivity index (χ2n) is 5.13. The summed E-state index contributed by atoms with van der Waals surface area (Å²) in [6.07, 6.45) is 0.780. The molecule has 0 saturated carbocycles. The van der Waals surface area contributed by atoms with Gasteiger partial charge >= 0.3 is 6.03 Å². The van der Waals surface area contributed by atoms with Crippen molar-refractivity contribution in [2.45, 2.75) is 30.6 Å². The number of aromatic nitrogens is 2. The van der Waals surface area contributed by atoms with E-state index < -0.39 is 11.9 Å². The molecular weight excluding hydrogens is 365 g/mol. The van der Waals surface area contributed by atoms with E-state index in [9.17, 15) is 14.0 Å². The summed E-state index contributed by atoms with van der Waals surface area (Å²) in [6, 6.07) is 5.48. The van der Waals surface area contributed by atoms with E-state index in [1.165, 1.54) is 35.2 Å². The number of nitrogens with one attached hydrogen (secondary N) is 3. The molecule has 1 aromatic heterocycles. The quantitative estimate of drug-likeness (QED) is 0.636. The van der Waals surface area contributed by atoms with E-state index in [1.807, 2.05) is 13.8 Å². The van der Waals surface area contributed by atoms with Crippen LogP contribution in [0, 0.1) is 5.82 Å². The number of amides is 3. The Bertz CT molecular complexity index is 740. The molecule has 0 fully saturated rings. The summed E-state index contributed by atoms with van der Waals surface area (Å²) in [5.74, 6) is -0.722. The Morgan fingerprint density at radius 3 is 2.88 bits per heavy atom. The van der Waals surface area contributed by atoms with Gasteiger partial charge in [0.1, 0.15) is 5.82 Å². The zero-order valence-corrected chi connectivity index (χ0v) is 15.3. The predicted molar refractivity (Wildman–Crippen MR) is 96.7 cm³/mol. The lowest BCUT2D eigenvalue weighted by Gasteiger charge is -2.11. The van der Waals surface area contributed by atoms with E-state index in [-0.39, 0.29) is 17.6 Å². The fourth-order valence-electron chi connectivity index (χ4n) is 1.66. The minimum absolute atomic E-state index is 0.0000663. The molecule has 0 unspecified atom stereocenters. The summed E-state index contributed by atoms with van der Waals surface area (Å²) < 4.78 is 13.7. The van der Waals surface area contributed by atoms with Gasteiger partial charge in [-0.2, -0.15) is 0 Å². The van der Waals surface area contributed by atoms with Crippen molar-refractivity contribution in [3.8, 4) is 0 Å². The Labute approximate surface area is 152 Å². The Hall–Kier alpha value is -2.20. The molecular formula is C15H18FN5O2S2. The number of anilines is 2. The third-order valence-electron chi connectivity index (χ3n) is 3.05. The molecule has 134 valence electrons. The van der Waals surface area contributed by atoms with Crippen molar-refractivity contribution < 1.29 is 14.0 Å². The van der Waals surface area contributed by atoms with Gasteiger partial charge in [-0.1, -0.05) is 36.1 Å². The first kappa shape index (κ1) is 19.1. The molecule has 0 aliphatic carbocycles. The first-order chi connectivity index (χ1) is 12.0. The lowest BCUT2D eigenvalue weighted by atomic mass is 10.3. The van der Waals surface area contributed by atoms with Crippen LogP contribution in [0.15, 0.2) is 28.6 Å². The topological polar surface area (TPSA) is 96.0 Å². The minimum Gasteiger partial charge on any atom is -0.335 e. The first-order valence-electron chi connectivity index (χ1n) is 7.55. The number of carbonyl (C=O) groups excluding carboxylic acids is 2. The Balaban J connectivity index is 1.79. The van der Waals surface area contributed by atoms with Crippen LogP contribution in [0.2, 0.25) is 0 Å². The summed E-state index contributed by atoms with van der Waals surface area (Å²) in [6.45, 7) is 3.79. The van der Waals surface area contributed by atoms with Crippen LogP contribution in [-0.4, -0.2) is 33.9 Å². The molecule has 3 amide bonds. The van der Waals surface area contributed by atoms with Gasteiger partial charge in [-0.25, -0.2) is 9.18 Å². The maximum atomic E-state index is 13.1. The number of thioether (sulfide) groups is 1. The standard InChI is InChI=1S/C15H18FN5O2S2/c1-3-9(2)17-13(23)19-12(22)8-24-15-21-20-14(25-15)18-11-6-4-5-10(16)7-11/h4-7,9H,3,8H2,1-2H3,(H,18,20)(H2,17,19,22,23)/t9-/m1/s1. The second kappa shape index (κ2) is 9.33. The molecule has 0 aliphatic rings. The fourth-order valence-corrected chi connectivity index (χ4v) is 3.23. The van der Waals surface area contributed by atoms with Crippen LogP contribution in [0.25, 0.3) is 0 Å². The molecule has 1 aromatic carbocycles. The van der Waals surface area contributed by atoms with Crippen molar-refractivity contribution in [1.29, 1.82) is 0 Å². The summed E-state index contributed by atoms with van der Waals surface area (Å²) in [5.41, 5.74) is 0.562. The van der Waals surface area contributed by atoms with Crippen LogP contribution in [0.3, 0.4) is 0 Å². The first-order valence-corrected chi connectivity index (χ1v) is 9.35. The van der Waals surface area contributed by atoms with Gasteiger partial charge in [0.2, 0.25) is 11.0 Å². The van der Waals surface area contributed by atoms with Gasteiger partial charge in [0.15, 0.2) is 4.34 Å². The zero-order chi connectivity index (χ0) is 18.2. The maximum absolute atomic E-state index is 13.1. The molecule has 10 heteroatoms. The van der Waals surface area contributed by atoms with Gasteiger partial charge in [-0.05, 0) is 31.5 Å². The van der Waals surface area contributed by atoms with Crippen LogP contribution in [0.1, 0.15) is 20.3 Å². The molecule has 2 rings (SSSR count). The molecule has 0 radical (unpaired) electrons. The zero-order valence-electron chi connectivity index (χ0n) is 13.7. The summed E-state index contributed by atoms with van der Waals surface area (Å²) in [7, 11) is 0. The third kappa shape index (κ3) is 6.67. The highest BCUT2D eigenvalue weighted by Crippen LogP contribution is 2.27. The van der Waals surface area contributed by atoms with Crippen molar-refractivity contribution in [3.63, 3.8) is 0 Å². The smallest absolute Gasteiger partial charge is 0.321 e. The molecule has 3 N–H and O–H groups in total. The lowest BCUT2D eigenvalue weighted by molar-refractivity contribution is -0.117. The number of imide groups is 1. The molecule has 0 spiro atoms. The lowest BCUT2D eigenvalue weighted by Crippen LogP contribution is -2.43. The molecule has 1 heterocycles. The predicted octanol–water partition coefficient (Wildman–Crippen LogP) is 3.14. The van der Waals surface area contributed by atoms with Crippen molar-refractivity contribution in [1.82, 2.24) is 20.8 Å². The van der Waals surface area contributed by atoms with Gasteiger partial charge in [0.05, 0.1) is 5.75 Å². The monoisotopic (exact) mass is 383 g/mol. The third-order valence-corrected chi connectivity index (χ3v) is 5.02. The Kier molecular flexibility index (Phi) is 7.14.